The highest BCUT2D eigenvalue weighted by Gasteiger charge is 2.16. The molecule has 1 atom stereocenters. The average molecular weight is 271 g/mol. The van der Waals surface area contributed by atoms with Crippen LogP contribution in [0.15, 0.2) is 10.6 Å². The minimum atomic E-state index is 0.113. The number of nitrogens with one attached hydrogen (secondary N) is 1. The Morgan fingerprint density at radius 3 is 2.93 bits per heavy atom. The van der Waals surface area contributed by atoms with E-state index in [1.54, 1.807) is 6.20 Å². The molecule has 0 fully saturated rings. The van der Waals surface area contributed by atoms with E-state index in [1.165, 1.54) is 0 Å². The molecule has 1 unspecified atom stereocenters. The summed E-state index contributed by atoms with van der Waals surface area (Å²) in [5, 5.41) is 14.7. The molecule has 2 aromatic heterocycles. The molecule has 1 N–H and O–H groups in total. The summed E-state index contributed by atoms with van der Waals surface area (Å²) in [4.78, 5) is 0.113. The van der Waals surface area contributed by atoms with Crippen LogP contribution < -0.4 is 0 Å². The van der Waals surface area contributed by atoms with Crippen LogP contribution in [0.25, 0.3) is 11.6 Å². The molecular weight excluding hydrogens is 260 g/mol. The highest BCUT2D eigenvalue weighted by atomic mass is 79.9. The number of hydrogen-bond donors (Lipinski definition) is 1. The zero-order chi connectivity index (χ0) is 10.8. The quantitative estimate of drug-likeness (QED) is 0.871. The van der Waals surface area contributed by atoms with E-state index in [4.69, 9.17) is 4.42 Å². The van der Waals surface area contributed by atoms with Gasteiger partial charge in [0.05, 0.1) is 11.0 Å². The fraction of sp³-hybridized carbons (Fsp3) is 0.444. The molecule has 0 spiro atoms. The van der Waals surface area contributed by atoms with Crippen LogP contribution in [0.4, 0.5) is 0 Å². The smallest absolute Gasteiger partial charge is 0.266 e. The van der Waals surface area contributed by atoms with E-state index in [9.17, 15) is 0 Å². The number of rotatable bonds is 3. The zero-order valence-corrected chi connectivity index (χ0v) is 10.1. The van der Waals surface area contributed by atoms with E-state index in [0.717, 1.165) is 17.7 Å². The zero-order valence-electron chi connectivity index (χ0n) is 8.49. The molecule has 0 aliphatic rings. The lowest BCUT2D eigenvalue weighted by Gasteiger charge is -1.97. The Hall–Kier alpha value is -1.17. The molecule has 0 aromatic carbocycles. The summed E-state index contributed by atoms with van der Waals surface area (Å²) < 4.78 is 5.52. The van der Waals surface area contributed by atoms with Gasteiger partial charge < -0.3 is 4.42 Å². The van der Waals surface area contributed by atoms with Crippen LogP contribution in [0.1, 0.15) is 29.6 Å². The third-order valence-corrected chi connectivity index (χ3v) is 3.15. The molecule has 80 valence electrons. The highest BCUT2D eigenvalue weighted by molar-refractivity contribution is 9.09. The van der Waals surface area contributed by atoms with Crippen LogP contribution in [0.5, 0.6) is 0 Å². The molecule has 0 aliphatic carbocycles. The number of hydrogen-bond acceptors (Lipinski definition) is 4. The largest absolute Gasteiger partial charge is 0.418 e. The Kier molecular flexibility index (Phi) is 2.86. The monoisotopic (exact) mass is 270 g/mol. The summed E-state index contributed by atoms with van der Waals surface area (Å²) in [5.74, 6) is 1.08. The normalized spacial score (nSPS) is 13.0. The Balaban J connectivity index is 2.32. The minimum Gasteiger partial charge on any atom is -0.418 e. The summed E-state index contributed by atoms with van der Waals surface area (Å²) in [6.45, 7) is 3.99. The SMILES string of the molecule is CCC(Br)c1nnc(-c2[nH]ncc2C)o1. The van der Waals surface area contributed by atoms with Gasteiger partial charge in [-0.1, -0.05) is 22.9 Å². The van der Waals surface area contributed by atoms with Gasteiger partial charge in [0, 0.05) is 0 Å². The second kappa shape index (κ2) is 4.14. The van der Waals surface area contributed by atoms with Crippen molar-refractivity contribution in [2.75, 3.05) is 0 Å². The molecular formula is C9H11BrN4O. The van der Waals surface area contributed by atoms with E-state index < -0.39 is 0 Å². The van der Waals surface area contributed by atoms with E-state index in [-0.39, 0.29) is 4.83 Å². The van der Waals surface area contributed by atoms with Crippen molar-refractivity contribution in [2.45, 2.75) is 25.1 Å². The highest BCUT2D eigenvalue weighted by Crippen LogP contribution is 2.27. The van der Waals surface area contributed by atoms with E-state index in [0.29, 0.717) is 11.8 Å². The lowest BCUT2D eigenvalue weighted by Crippen LogP contribution is -1.86. The van der Waals surface area contributed by atoms with Gasteiger partial charge in [-0.15, -0.1) is 10.2 Å². The topological polar surface area (TPSA) is 67.6 Å². The maximum Gasteiger partial charge on any atom is 0.266 e. The molecule has 6 heteroatoms. The van der Waals surface area contributed by atoms with Gasteiger partial charge in [0.1, 0.15) is 5.69 Å². The molecule has 2 heterocycles. The van der Waals surface area contributed by atoms with E-state index in [1.807, 2.05) is 13.8 Å². The number of aryl methyl sites for hydroxylation is 1. The Morgan fingerprint density at radius 2 is 2.33 bits per heavy atom. The van der Waals surface area contributed by atoms with Gasteiger partial charge in [0.2, 0.25) is 5.89 Å². The Morgan fingerprint density at radius 1 is 1.53 bits per heavy atom. The summed E-state index contributed by atoms with van der Waals surface area (Å²) in [7, 11) is 0. The molecule has 2 rings (SSSR count). The first-order chi connectivity index (χ1) is 7.22. The summed E-state index contributed by atoms with van der Waals surface area (Å²) in [6, 6.07) is 0. The molecule has 0 saturated heterocycles. The van der Waals surface area contributed by atoms with Crippen LogP contribution in [0.3, 0.4) is 0 Å². The van der Waals surface area contributed by atoms with Gasteiger partial charge in [-0.2, -0.15) is 5.10 Å². The number of aromatic nitrogens is 4. The number of halogens is 1. The Labute approximate surface area is 95.4 Å². The molecule has 0 radical (unpaired) electrons. The van der Waals surface area contributed by atoms with Crippen molar-refractivity contribution in [1.82, 2.24) is 20.4 Å². The lowest BCUT2D eigenvalue weighted by molar-refractivity contribution is 0.498. The van der Waals surface area contributed by atoms with Gasteiger partial charge in [-0.25, -0.2) is 0 Å². The maximum absolute atomic E-state index is 5.52. The van der Waals surface area contributed by atoms with Gasteiger partial charge in [-0.05, 0) is 18.9 Å². The number of aromatic amines is 1. The van der Waals surface area contributed by atoms with Crippen LogP contribution in [0.2, 0.25) is 0 Å². The summed E-state index contributed by atoms with van der Waals surface area (Å²) in [5.41, 5.74) is 1.78. The standard InChI is InChI=1S/C9H11BrN4O/c1-3-6(10)8-13-14-9(15-8)7-5(2)4-11-12-7/h4,6H,3H2,1-2H3,(H,11,12). The first-order valence-corrected chi connectivity index (χ1v) is 5.61. The Bertz CT molecular complexity index is 450. The molecule has 2 aromatic rings. The van der Waals surface area contributed by atoms with Crippen molar-refractivity contribution >= 4 is 15.9 Å². The van der Waals surface area contributed by atoms with Crippen LogP contribution in [-0.2, 0) is 0 Å². The first-order valence-electron chi connectivity index (χ1n) is 4.70. The first kappa shape index (κ1) is 10.4. The molecule has 0 aliphatic heterocycles. The number of nitrogens with zero attached hydrogens (tertiary/aromatic N) is 3. The van der Waals surface area contributed by atoms with Crippen LogP contribution in [-0.4, -0.2) is 20.4 Å². The van der Waals surface area contributed by atoms with Crippen LogP contribution in [0, 0.1) is 6.92 Å². The van der Waals surface area contributed by atoms with Crippen molar-refractivity contribution in [3.63, 3.8) is 0 Å². The van der Waals surface area contributed by atoms with Gasteiger partial charge in [0.15, 0.2) is 0 Å². The summed E-state index contributed by atoms with van der Waals surface area (Å²) in [6.07, 6.45) is 2.63. The van der Waals surface area contributed by atoms with Crippen molar-refractivity contribution in [2.24, 2.45) is 0 Å². The summed E-state index contributed by atoms with van der Waals surface area (Å²) >= 11 is 3.46. The molecule has 0 bridgehead atoms. The second-order valence-electron chi connectivity index (χ2n) is 3.25. The third-order valence-electron chi connectivity index (χ3n) is 2.11. The van der Waals surface area contributed by atoms with E-state index >= 15 is 0 Å². The van der Waals surface area contributed by atoms with Gasteiger partial charge >= 0.3 is 0 Å². The lowest BCUT2D eigenvalue weighted by atomic mass is 10.3. The van der Waals surface area contributed by atoms with Gasteiger partial charge in [-0.3, -0.25) is 5.10 Å². The minimum absolute atomic E-state index is 0.113. The van der Waals surface area contributed by atoms with E-state index in [2.05, 4.69) is 36.3 Å². The molecule has 5 nitrogen and oxygen atoms in total. The predicted octanol–water partition coefficient (Wildman–Crippen LogP) is 2.61. The molecule has 0 saturated carbocycles. The van der Waals surface area contributed by atoms with Crippen molar-refractivity contribution in [3.8, 4) is 11.6 Å². The molecule has 0 amide bonds. The van der Waals surface area contributed by atoms with Crippen LogP contribution >= 0.6 is 15.9 Å². The van der Waals surface area contributed by atoms with Gasteiger partial charge in [0.25, 0.3) is 5.89 Å². The van der Waals surface area contributed by atoms with Crippen molar-refractivity contribution in [3.05, 3.63) is 17.7 Å². The van der Waals surface area contributed by atoms with Crippen molar-refractivity contribution in [1.29, 1.82) is 0 Å². The number of H-pyrrole nitrogens is 1. The fourth-order valence-electron chi connectivity index (χ4n) is 1.20. The third kappa shape index (κ3) is 1.94. The fourth-order valence-corrected chi connectivity index (χ4v) is 1.38. The molecule has 15 heavy (non-hydrogen) atoms. The van der Waals surface area contributed by atoms with Crippen molar-refractivity contribution < 1.29 is 4.42 Å². The second-order valence-corrected chi connectivity index (χ2v) is 4.35. The predicted molar refractivity (Wildman–Crippen MR) is 58.6 cm³/mol. The maximum atomic E-state index is 5.52. The number of alkyl halides is 1. The average Bonchev–Trinajstić information content (AvgIpc) is 2.84.